The van der Waals surface area contributed by atoms with E-state index < -0.39 is 59.8 Å². The van der Waals surface area contributed by atoms with Crippen molar-refractivity contribution in [1.29, 1.82) is 0 Å². The monoisotopic (exact) mass is 674 g/mol. The number of amides is 4. The van der Waals surface area contributed by atoms with E-state index in [0.717, 1.165) is 16.5 Å². The number of H-pyrrole nitrogens is 2. The lowest BCUT2D eigenvalue weighted by Gasteiger charge is -2.25. The summed E-state index contributed by atoms with van der Waals surface area (Å²) in [5.41, 5.74) is 8.72. The van der Waals surface area contributed by atoms with Gasteiger partial charge in [-0.2, -0.15) is 0 Å². The molecule has 2 heterocycles. The van der Waals surface area contributed by atoms with Crippen LogP contribution in [0.2, 0.25) is 0 Å². The van der Waals surface area contributed by atoms with Gasteiger partial charge in [-0.3, -0.25) is 19.2 Å². The Bertz CT molecular complexity index is 1750. The molecule has 2 aromatic carbocycles. The highest BCUT2D eigenvalue weighted by atomic mass is 16.4. The minimum Gasteiger partial charge on any atom is -0.508 e. The molecule has 0 fully saturated rings. The maximum Gasteiger partial charge on any atom is 0.326 e. The number of nitrogens with one attached hydrogen (secondary N) is 6. The molecule has 2 aromatic heterocycles. The third-order valence-corrected chi connectivity index (χ3v) is 8.11. The number of phenolic OH excluding ortho intramolecular Hbond substituents is 1. The predicted molar refractivity (Wildman–Crippen MR) is 180 cm³/mol. The minimum absolute atomic E-state index is 0.000692. The van der Waals surface area contributed by atoms with E-state index in [0.29, 0.717) is 11.3 Å². The second-order valence-corrected chi connectivity index (χ2v) is 12.2. The molecule has 0 saturated carbocycles. The van der Waals surface area contributed by atoms with Crippen molar-refractivity contribution in [2.24, 2.45) is 11.7 Å². The number of rotatable bonds is 16. The molecule has 4 aromatic rings. The van der Waals surface area contributed by atoms with Gasteiger partial charge in [0.05, 0.1) is 12.4 Å². The Labute approximate surface area is 282 Å². The summed E-state index contributed by atoms with van der Waals surface area (Å²) in [5, 5.41) is 30.8. The van der Waals surface area contributed by atoms with E-state index >= 15 is 0 Å². The molecule has 4 rings (SSSR count). The number of carbonyl (C=O) groups excluding carboxylic acids is 4. The average molecular weight is 675 g/mol. The molecule has 15 nitrogen and oxygen atoms in total. The van der Waals surface area contributed by atoms with Crippen LogP contribution >= 0.6 is 0 Å². The lowest BCUT2D eigenvalue weighted by molar-refractivity contribution is -0.142. The first-order valence-corrected chi connectivity index (χ1v) is 15.8. The Balaban J connectivity index is 1.50. The maximum absolute atomic E-state index is 13.6. The fourth-order valence-electron chi connectivity index (χ4n) is 5.14. The summed E-state index contributed by atoms with van der Waals surface area (Å²) in [5.74, 6) is -4.18. The van der Waals surface area contributed by atoms with Gasteiger partial charge >= 0.3 is 5.97 Å². The number of carboxylic acid groups (broad SMARTS) is 1. The molecule has 4 amide bonds. The van der Waals surface area contributed by atoms with Crippen molar-refractivity contribution in [3.63, 3.8) is 0 Å². The van der Waals surface area contributed by atoms with Gasteiger partial charge in [-0.15, -0.1) is 0 Å². The molecule has 5 atom stereocenters. The van der Waals surface area contributed by atoms with Crippen LogP contribution in [0.3, 0.4) is 0 Å². The van der Waals surface area contributed by atoms with Crippen molar-refractivity contribution in [3.05, 3.63) is 84.1 Å². The Morgan fingerprint density at radius 3 is 2.06 bits per heavy atom. The highest BCUT2D eigenvalue weighted by molar-refractivity contribution is 5.96. The zero-order valence-electron chi connectivity index (χ0n) is 27.4. The smallest absolute Gasteiger partial charge is 0.326 e. The van der Waals surface area contributed by atoms with Crippen LogP contribution in [0.15, 0.2) is 67.3 Å². The van der Waals surface area contributed by atoms with Gasteiger partial charge in [0.2, 0.25) is 23.6 Å². The lowest BCUT2D eigenvalue weighted by Crippen LogP contribution is -2.58. The molecule has 0 spiro atoms. The standard InChI is InChI=1S/C34H42N8O7/c1-18(2)29(35)33(47)41-27(13-21-15-37-25-7-5-4-6-24(21)25)31(45)39-19(3)30(44)40-26(12-20-8-10-23(43)11-9-20)32(46)42-28(34(48)49)14-22-16-36-17-38-22/h4-11,15-19,26-29,37,43H,12-14,35H2,1-3H3,(H,36,38)(H,39,45)(H,40,44)(H,41,47)(H,42,46)(H,48,49)/t19-,26-,27-,28-,29-/m0/s1. The van der Waals surface area contributed by atoms with Gasteiger partial charge in [-0.25, -0.2) is 9.78 Å². The molecule has 15 heteroatoms. The number of carboxylic acids is 1. The van der Waals surface area contributed by atoms with Gasteiger partial charge < -0.3 is 47.2 Å². The van der Waals surface area contributed by atoms with Crippen LogP contribution in [0, 0.1) is 5.92 Å². The van der Waals surface area contributed by atoms with E-state index in [-0.39, 0.29) is 30.9 Å². The second kappa shape index (κ2) is 16.4. The van der Waals surface area contributed by atoms with Gasteiger partial charge in [0.25, 0.3) is 0 Å². The minimum atomic E-state index is -1.34. The predicted octanol–water partition coefficient (Wildman–Crippen LogP) is 0.652. The van der Waals surface area contributed by atoms with Crippen LogP contribution in [0.1, 0.15) is 37.6 Å². The number of fused-ring (bicyclic) bond motifs is 1. The van der Waals surface area contributed by atoms with Gasteiger partial charge in [-0.1, -0.05) is 44.2 Å². The molecule has 0 aliphatic heterocycles. The SMILES string of the molecule is CC(C)[C@H](N)C(=O)N[C@@H](Cc1c[nH]c2ccccc12)C(=O)N[C@@H](C)C(=O)N[C@@H](Cc1ccc(O)cc1)C(=O)N[C@@H](Cc1cnc[nH]1)C(=O)O. The molecule has 260 valence electrons. The summed E-state index contributed by atoms with van der Waals surface area (Å²) < 4.78 is 0. The van der Waals surface area contributed by atoms with Crippen molar-refractivity contribution in [1.82, 2.24) is 36.2 Å². The molecule has 0 unspecified atom stereocenters. The Morgan fingerprint density at radius 1 is 0.776 bits per heavy atom. The number of benzene rings is 2. The summed E-state index contributed by atoms with van der Waals surface area (Å²) in [6.45, 7) is 4.99. The van der Waals surface area contributed by atoms with Gasteiger partial charge in [0.15, 0.2) is 0 Å². The first kappa shape index (κ1) is 36.1. The number of aromatic hydroxyl groups is 1. The molecule has 0 aliphatic rings. The summed E-state index contributed by atoms with van der Waals surface area (Å²) in [6, 6.07) is 7.71. The molecular formula is C34H42N8O7. The van der Waals surface area contributed by atoms with Crippen LogP contribution < -0.4 is 27.0 Å². The van der Waals surface area contributed by atoms with Crippen molar-refractivity contribution in [3.8, 4) is 5.75 Å². The van der Waals surface area contributed by atoms with E-state index in [1.54, 1.807) is 32.2 Å². The van der Waals surface area contributed by atoms with Crippen LogP contribution in [0.25, 0.3) is 10.9 Å². The zero-order chi connectivity index (χ0) is 35.7. The van der Waals surface area contributed by atoms with Crippen LogP contribution in [0.5, 0.6) is 5.75 Å². The third kappa shape index (κ3) is 9.90. The van der Waals surface area contributed by atoms with E-state index in [9.17, 15) is 34.2 Å². The largest absolute Gasteiger partial charge is 0.508 e. The van der Waals surface area contributed by atoms with E-state index in [2.05, 4.69) is 36.2 Å². The number of aliphatic carboxylic acids is 1. The molecule has 0 bridgehead atoms. The molecular weight excluding hydrogens is 632 g/mol. The number of aromatic amines is 2. The lowest BCUT2D eigenvalue weighted by atomic mass is 10.0. The number of nitrogens with zero attached hydrogens (tertiary/aromatic N) is 1. The van der Waals surface area contributed by atoms with Crippen molar-refractivity contribution in [2.75, 3.05) is 0 Å². The van der Waals surface area contributed by atoms with Gasteiger partial charge in [-0.05, 0) is 42.2 Å². The average Bonchev–Trinajstić information content (AvgIpc) is 3.74. The number of aromatic nitrogens is 3. The Hall–Kier alpha value is -5.70. The molecule has 10 N–H and O–H groups in total. The fraction of sp³-hybridized carbons (Fsp3) is 0.353. The van der Waals surface area contributed by atoms with Gasteiger partial charge in [0, 0.05) is 48.3 Å². The number of imidazole rings is 1. The van der Waals surface area contributed by atoms with Crippen LogP contribution in [-0.4, -0.2) is 85.0 Å². The highest BCUT2D eigenvalue weighted by Crippen LogP contribution is 2.19. The topological polar surface area (TPSA) is 244 Å². The molecule has 0 radical (unpaired) electrons. The quantitative estimate of drug-likeness (QED) is 0.0809. The number of phenols is 1. The molecule has 49 heavy (non-hydrogen) atoms. The first-order valence-electron chi connectivity index (χ1n) is 15.8. The zero-order valence-corrected chi connectivity index (χ0v) is 27.4. The molecule has 0 aliphatic carbocycles. The second-order valence-electron chi connectivity index (χ2n) is 12.2. The van der Waals surface area contributed by atoms with Crippen molar-refractivity contribution < 1.29 is 34.2 Å². The van der Waals surface area contributed by atoms with Crippen LogP contribution in [-0.2, 0) is 43.2 Å². The fourth-order valence-corrected chi connectivity index (χ4v) is 5.14. The number of carbonyl (C=O) groups is 5. The number of hydrogen-bond donors (Lipinski definition) is 9. The summed E-state index contributed by atoms with van der Waals surface area (Å²) in [7, 11) is 0. The van der Waals surface area contributed by atoms with E-state index in [1.807, 2.05) is 24.3 Å². The molecule has 0 saturated heterocycles. The Morgan fingerprint density at radius 2 is 1.41 bits per heavy atom. The summed E-state index contributed by atoms with van der Waals surface area (Å²) >= 11 is 0. The van der Waals surface area contributed by atoms with Crippen molar-refractivity contribution >= 4 is 40.5 Å². The summed E-state index contributed by atoms with van der Waals surface area (Å²) in [6.07, 6.45) is 4.53. The summed E-state index contributed by atoms with van der Waals surface area (Å²) in [4.78, 5) is 75.3. The van der Waals surface area contributed by atoms with Crippen LogP contribution in [0.4, 0.5) is 0 Å². The van der Waals surface area contributed by atoms with E-state index in [4.69, 9.17) is 5.73 Å². The first-order chi connectivity index (χ1) is 23.3. The van der Waals surface area contributed by atoms with Gasteiger partial charge in [0.1, 0.15) is 29.9 Å². The number of nitrogens with two attached hydrogens (primary N) is 1. The number of hydrogen-bond acceptors (Lipinski definition) is 8. The number of para-hydroxylation sites is 1. The highest BCUT2D eigenvalue weighted by Gasteiger charge is 2.31. The normalized spacial score (nSPS) is 14.3. The van der Waals surface area contributed by atoms with E-state index in [1.165, 1.54) is 31.6 Å². The Kier molecular flexibility index (Phi) is 12.1. The van der Waals surface area contributed by atoms with Crippen molar-refractivity contribution in [2.45, 2.75) is 70.2 Å². The maximum atomic E-state index is 13.6. The third-order valence-electron chi connectivity index (χ3n) is 8.11.